The molecule has 3 atom stereocenters. The summed E-state index contributed by atoms with van der Waals surface area (Å²) in [6.07, 6.45) is 3.43. The van der Waals surface area contributed by atoms with E-state index in [-0.39, 0.29) is 39.3 Å². The summed E-state index contributed by atoms with van der Waals surface area (Å²) in [7, 11) is 0. The summed E-state index contributed by atoms with van der Waals surface area (Å²) in [5.74, 6) is 0.601. The fourth-order valence-corrected chi connectivity index (χ4v) is 13.9. The first kappa shape index (κ1) is 50.1. The number of fused-ring (bicyclic) bond motifs is 7. The lowest BCUT2D eigenvalue weighted by Crippen LogP contribution is -2.61. The highest BCUT2D eigenvalue weighted by atomic mass is 15.3. The van der Waals surface area contributed by atoms with Crippen molar-refractivity contribution in [3.63, 3.8) is 0 Å². The van der Waals surface area contributed by atoms with E-state index in [0.29, 0.717) is 5.92 Å². The summed E-state index contributed by atoms with van der Waals surface area (Å²) < 4.78 is 0. The molecule has 8 aromatic carbocycles. The van der Waals surface area contributed by atoms with Crippen LogP contribution in [0.25, 0.3) is 22.3 Å². The largest absolute Gasteiger partial charge is 0.334 e. The van der Waals surface area contributed by atoms with E-state index in [1.807, 2.05) is 0 Å². The molecule has 76 heavy (non-hydrogen) atoms. The number of nitrogens with zero attached hydrogens (tertiary/aromatic N) is 3. The number of anilines is 8. The van der Waals surface area contributed by atoms with Crippen LogP contribution in [0.3, 0.4) is 0 Å². The Kier molecular flexibility index (Phi) is 11.4. The normalized spacial score (nSPS) is 19.9. The average molecular weight is 996 g/mol. The molecule has 3 aliphatic heterocycles. The first-order chi connectivity index (χ1) is 35.9. The monoisotopic (exact) mass is 996 g/mol. The van der Waals surface area contributed by atoms with Gasteiger partial charge in [0, 0.05) is 50.9 Å². The summed E-state index contributed by atoms with van der Waals surface area (Å²) in [6.45, 7) is 33.9. The van der Waals surface area contributed by atoms with E-state index in [1.54, 1.807) is 0 Å². The quantitative estimate of drug-likeness (QED) is 0.159. The Hall–Kier alpha value is -6.78. The fraction of sp³-hybridized carbons (Fsp3) is 0.333. The SMILES string of the molecule is CC(C)(C)c1cccc(N2c3cc(C(C)(C)C)ccc3B3c4ccc(-c5ccccc5)cc4N(c4cccc(-c5ccccc5)c4)c4cc(N5c6ccc(C(C)(C)C)cc6C6(C)CC(C(C)(C)C)CCC56C)cc2c43)c1. The molecule has 8 aromatic rings. The molecule has 0 spiro atoms. The van der Waals surface area contributed by atoms with E-state index in [1.165, 1.54) is 107 Å². The second kappa shape index (κ2) is 17.4. The van der Waals surface area contributed by atoms with Crippen molar-refractivity contribution in [1.82, 2.24) is 0 Å². The van der Waals surface area contributed by atoms with Crippen molar-refractivity contribution in [3.8, 4) is 22.3 Å². The second-order valence-electron chi connectivity index (χ2n) is 27.6. The molecular weight excluding hydrogens is 918 g/mol. The van der Waals surface area contributed by atoms with Gasteiger partial charge < -0.3 is 14.7 Å². The van der Waals surface area contributed by atoms with E-state index in [4.69, 9.17) is 0 Å². The van der Waals surface area contributed by atoms with Crippen LogP contribution in [-0.2, 0) is 21.7 Å². The summed E-state index contributed by atoms with van der Waals surface area (Å²) in [5.41, 5.74) is 24.1. The molecule has 0 N–H and O–H groups in total. The highest BCUT2D eigenvalue weighted by Crippen LogP contribution is 2.64. The highest BCUT2D eigenvalue weighted by molar-refractivity contribution is 7.00. The van der Waals surface area contributed by atoms with E-state index in [9.17, 15) is 0 Å². The molecule has 4 heteroatoms. The van der Waals surface area contributed by atoms with Crippen molar-refractivity contribution in [2.24, 2.45) is 11.3 Å². The van der Waals surface area contributed by atoms with Gasteiger partial charge in [-0.3, -0.25) is 0 Å². The molecule has 0 amide bonds. The maximum absolute atomic E-state index is 2.85. The van der Waals surface area contributed by atoms with Crippen LogP contribution in [0.2, 0.25) is 0 Å². The summed E-state index contributed by atoms with van der Waals surface area (Å²) >= 11 is 0. The predicted molar refractivity (Wildman–Crippen MR) is 329 cm³/mol. The van der Waals surface area contributed by atoms with Gasteiger partial charge in [-0.25, -0.2) is 0 Å². The van der Waals surface area contributed by atoms with Gasteiger partial charge in [0.15, 0.2) is 0 Å². The van der Waals surface area contributed by atoms with Crippen molar-refractivity contribution in [2.45, 2.75) is 143 Å². The molecule has 1 saturated carbocycles. The Morgan fingerprint density at radius 1 is 0.421 bits per heavy atom. The third-order valence-corrected chi connectivity index (χ3v) is 18.7. The van der Waals surface area contributed by atoms with Crippen LogP contribution in [0.5, 0.6) is 0 Å². The third kappa shape index (κ3) is 7.98. The van der Waals surface area contributed by atoms with Gasteiger partial charge in [0.1, 0.15) is 0 Å². The number of hydrogen-bond acceptors (Lipinski definition) is 3. The molecule has 1 fully saturated rings. The first-order valence-electron chi connectivity index (χ1n) is 28.3. The van der Waals surface area contributed by atoms with E-state index >= 15 is 0 Å². The van der Waals surface area contributed by atoms with Gasteiger partial charge >= 0.3 is 0 Å². The molecule has 0 aromatic heterocycles. The topological polar surface area (TPSA) is 9.72 Å². The van der Waals surface area contributed by atoms with Crippen molar-refractivity contribution in [1.29, 1.82) is 0 Å². The van der Waals surface area contributed by atoms with Crippen molar-refractivity contribution < 1.29 is 0 Å². The van der Waals surface area contributed by atoms with Crippen LogP contribution in [0.4, 0.5) is 45.5 Å². The molecule has 4 aliphatic rings. The Balaban J connectivity index is 1.21. The minimum atomic E-state index is -0.206. The summed E-state index contributed by atoms with van der Waals surface area (Å²) in [6, 6.07) is 68.2. The molecular formula is C72H78BN3. The van der Waals surface area contributed by atoms with E-state index < -0.39 is 0 Å². The lowest BCUT2D eigenvalue weighted by molar-refractivity contribution is 0.0786. The standard InChI is InChI=1S/C72H78BN3/c1-67(2,3)51-28-22-30-56(41-51)75-63-43-53(69(7,8)9)32-35-60(63)73-59-34-31-50(48-25-19-16-20-26-48)40-62(59)74(55-29-21-27-49(39-55)47-23-17-15-18-24-47)64-44-57(45-65(75)66(64)73)76-61-36-33-52(68(4,5)6)42-58(61)71(13)46-54(70(10,11)12)37-38-72(71,76)14/h15-36,39-45,54H,37-38,46H2,1-14H3. The van der Waals surface area contributed by atoms with Crippen molar-refractivity contribution in [3.05, 3.63) is 198 Å². The lowest BCUT2D eigenvalue weighted by Gasteiger charge is -2.55. The Labute approximate surface area is 456 Å². The zero-order valence-corrected chi connectivity index (χ0v) is 47.9. The van der Waals surface area contributed by atoms with Crippen LogP contribution in [0.1, 0.15) is 138 Å². The number of rotatable bonds is 5. The molecule has 3 heterocycles. The first-order valence-corrected chi connectivity index (χ1v) is 28.3. The molecule has 0 bridgehead atoms. The smallest absolute Gasteiger partial charge is 0.252 e. The summed E-state index contributed by atoms with van der Waals surface area (Å²) in [5, 5.41) is 0. The summed E-state index contributed by atoms with van der Waals surface area (Å²) in [4.78, 5) is 8.15. The van der Waals surface area contributed by atoms with Crippen LogP contribution in [0.15, 0.2) is 176 Å². The molecule has 1 aliphatic carbocycles. The second-order valence-corrected chi connectivity index (χ2v) is 27.6. The minimum Gasteiger partial charge on any atom is -0.334 e. The molecule has 384 valence electrons. The maximum Gasteiger partial charge on any atom is 0.252 e. The zero-order valence-electron chi connectivity index (χ0n) is 47.9. The molecule has 12 rings (SSSR count). The molecule has 3 nitrogen and oxygen atoms in total. The van der Waals surface area contributed by atoms with Crippen LogP contribution < -0.4 is 31.1 Å². The van der Waals surface area contributed by atoms with E-state index in [0.717, 1.165) is 18.5 Å². The van der Waals surface area contributed by atoms with Gasteiger partial charge in [0.25, 0.3) is 6.71 Å². The Bertz CT molecular complexity index is 3560. The fourth-order valence-electron chi connectivity index (χ4n) is 13.9. The van der Waals surface area contributed by atoms with Crippen LogP contribution in [0, 0.1) is 11.3 Å². The van der Waals surface area contributed by atoms with E-state index in [2.05, 4.69) is 288 Å². The lowest BCUT2D eigenvalue weighted by atomic mass is 9.33. The van der Waals surface area contributed by atoms with Crippen LogP contribution >= 0.6 is 0 Å². The van der Waals surface area contributed by atoms with Gasteiger partial charge in [0.2, 0.25) is 0 Å². The van der Waals surface area contributed by atoms with Gasteiger partial charge in [-0.2, -0.15) is 0 Å². The number of hydrogen-bond donors (Lipinski definition) is 0. The molecule has 3 unspecified atom stereocenters. The van der Waals surface area contributed by atoms with Crippen molar-refractivity contribution in [2.75, 3.05) is 14.7 Å². The highest BCUT2D eigenvalue weighted by Gasteiger charge is 2.61. The molecule has 0 saturated heterocycles. The van der Waals surface area contributed by atoms with Gasteiger partial charge in [0.05, 0.1) is 5.54 Å². The Morgan fingerprint density at radius 3 is 1.51 bits per heavy atom. The van der Waals surface area contributed by atoms with Crippen molar-refractivity contribution >= 4 is 68.6 Å². The zero-order chi connectivity index (χ0) is 53.5. The molecule has 0 radical (unpaired) electrons. The maximum atomic E-state index is 2.85. The average Bonchev–Trinajstić information content (AvgIpc) is 3.60. The van der Waals surface area contributed by atoms with Gasteiger partial charge in [-0.05, 0) is 169 Å². The minimum absolute atomic E-state index is 0.0144. The van der Waals surface area contributed by atoms with Crippen LogP contribution in [-0.4, -0.2) is 12.3 Å². The van der Waals surface area contributed by atoms with Gasteiger partial charge in [-0.15, -0.1) is 0 Å². The van der Waals surface area contributed by atoms with Gasteiger partial charge in [-0.1, -0.05) is 211 Å². The Morgan fingerprint density at radius 2 is 0.921 bits per heavy atom. The third-order valence-electron chi connectivity index (χ3n) is 18.7. The number of benzene rings is 8. The predicted octanol–water partition coefficient (Wildman–Crippen LogP) is 18.0.